The third-order valence-corrected chi connectivity index (χ3v) is 9.93. The second-order valence-electron chi connectivity index (χ2n) is 11.5. The lowest BCUT2D eigenvalue weighted by atomic mass is 9.44. The smallest absolute Gasteiger partial charge is 0.306 e. The van der Waals surface area contributed by atoms with Gasteiger partial charge in [-0.1, -0.05) is 45.8 Å². The maximum Gasteiger partial charge on any atom is 0.306 e. The lowest BCUT2D eigenvalue weighted by Gasteiger charge is -2.62. The van der Waals surface area contributed by atoms with Gasteiger partial charge >= 0.3 is 5.97 Å². The van der Waals surface area contributed by atoms with Gasteiger partial charge in [-0.05, 0) is 57.1 Å². The van der Waals surface area contributed by atoms with Crippen LogP contribution in [0.15, 0.2) is 23.8 Å². The fourth-order valence-corrected chi connectivity index (χ4v) is 8.21. The van der Waals surface area contributed by atoms with Gasteiger partial charge in [0, 0.05) is 35.5 Å². The first-order valence-electron chi connectivity index (χ1n) is 13.0. The zero-order valence-electron chi connectivity index (χ0n) is 21.2. The number of carbonyl (C=O) groups is 3. The highest BCUT2D eigenvalue weighted by Crippen LogP contribution is 2.71. The maximum atomic E-state index is 17.3. The molecule has 0 heterocycles. The first-order valence-corrected chi connectivity index (χ1v) is 13.0. The summed E-state index contributed by atoms with van der Waals surface area (Å²) in [6.45, 7) is 9.42. The summed E-state index contributed by atoms with van der Waals surface area (Å²) in [5, 5.41) is 11.5. The average Bonchev–Trinajstić information content (AvgIpc) is 3.00. The molecule has 0 saturated heterocycles. The van der Waals surface area contributed by atoms with E-state index in [1.54, 1.807) is 19.9 Å². The zero-order valence-corrected chi connectivity index (χ0v) is 21.2. The van der Waals surface area contributed by atoms with E-state index in [0.29, 0.717) is 25.7 Å². The largest absolute Gasteiger partial charge is 0.450 e. The van der Waals surface area contributed by atoms with Gasteiger partial charge in [-0.3, -0.25) is 14.4 Å². The van der Waals surface area contributed by atoms with Crippen LogP contribution in [0.4, 0.5) is 4.39 Å². The molecule has 1 N–H and O–H groups in total. The van der Waals surface area contributed by atoms with Crippen LogP contribution < -0.4 is 0 Å². The molecule has 0 radical (unpaired) electrons. The first kappa shape index (κ1) is 25.3. The van der Waals surface area contributed by atoms with Gasteiger partial charge in [-0.25, -0.2) is 4.39 Å². The Morgan fingerprint density at radius 1 is 1.24 bits per heavy atom. The molecule has 5 nitrogen and oxygen atoms in total. The summed E-state index contributed by atoms with van der Waals surface area (Å²) in [6, 6.07) is 0. The van der Waals surface area contributed by atoms with Crippen molar-refractivity contribution in [3.8, 4) is 0 Å². The Bertz CT molecular complexity index is 954. The van der Waals surface area contributed by atoms with Crippen molar-refractivity contribution in [3.63, 3.8) is 0 Å². The van der Waals surface area contributed by atoms with Crippen molar-refractivity contribution in [3.05, 3.63) is 23.8 Å². The minimum Gasteiger partial charge on any atom is -0.450 e. The van der Waals surface area contributed by atoms with Gasteiger partial charge in [-0.2, -0.15) is 0 Å². The fourth-order valence-electron chi connectivity index (χ4n) is 8.21. The van der Waals surface area contributed by atoms with E-state index in [9.17, 15) is 19.5 Å². The third-order valence-electron chi connectivity index (χ3n) is 9.93. The minimum atomic E-state index is -1.96. The number of aliphatic hydroxyl groups excluding tert-OH is 1. The number of alkyl halides is 1. The standard InChI is InChI=1S/C28H39FO5/c1-6-8-9-24(33)34-28(22(31)7-2)17(3)14-21-20-11-10-18-15-19(30)12-13-25(18,4)27(20,29)23(32)16-26(21,28)5/h12-13,15,17,20-21,23,32H,6-11,14,16H2,1-5H3/t17-,20-,21-,23-,25-,26-,27-,28-/m0/s1. The number of hydrogen-bond acceptors (Lipinski definition) is 5. The molecule has 4 rings (SSSR count). The molecule has 188 valence electrons. The summed E-state index contributed by atoms with van der Waals surface area (Å²) in [6.07, 6.45) is 6.85. The summed E-state index contributed by atoms with van der Waals surface area (Å²) in [4.78, 5) is 38.5. The molecule has 3 fully saturated rings. The number of allylic oxidation sites excluding steroid dienone is 4. The summed E-state index contributed by atoms with van der Waals surface area (Å²) in [7, 11) is 0. The van der Waals surface area contributed by atoms with Crippen molar-refractivity contribution in [1.82, 2.24) is 0 Å². The lowest BCUT2D eigenvalue weighted by Crippen LogP contribution is -2.69. The van der Waals surface area contributed by atoms with Crippen molar-refractivity contribution in [1.29, 1.82) is 0 Å². The Morgan fingerprint density at radius 2 is 1.94 bits per heavy atom. The molecule has 6 heteroatoms. The molecule has 0 amide bonds. The summed E-state index contributed by atoms with van der Waals surface area (Å²) < 4.78 is 23.5. The van der Waals surface area contributed by atoms with E-state index in [0.717, 1.165) is 12.0 Å². The number of fused-ring (bicyclic) bond motifs is 5. The maximum absolute atomic E-state index is 17.3. The molecule has 0 aromatic rings. The van der Waals surface area contributed by atoms with E-state index in [-0.39, 0.29) is 42.7 Å². The van der Waals surface area contributed by atoms with Gasteiger partial charge in [0.2, 0.25) is 0 Å². The number of esters is 1. The second-order valence-corrected chi connectivity index (χ2v) is 11.5. The molecule has 0 aromatic carbocycles. The van der Waals surface area contributed by atoms with Crippen LogP contribution in [0.25, 0.3) is 0 Å². The van der Waals surface area contributed by atoms with E-state index in [4.69, 9.17) is 4.74 Å². The average molecular weight is 475 g/mol. The molecule has 34 heavy (non-hydrogen) atoms. The molecule has 0 bridgehead atoms. The van der Waals surface area contributed by atoms with Crippen LogP contribution in [0.3, 0.4) is 0 Å². The van der Waals surface area contributed by atoms with Crippen molar-refractivity contribution >= 4 is 17.5 Å². The number of rotatable bonds is 6. The van der Waals surface area contributed by atoms with Gasteiger partial charge in [-0.15, -0.1) is 0 Å². The van der Waals surface area contributed by atoms with Gasteiger partial charge in [0.05, 0.1) is 6.10 Å². The van der Waals surface area contributed by atoms with Crippen molar-refractivity contribution in [2.75, 3.05) is 0 Å². The van der Waals surface area contributed by atoms with E-state index in [2.05, 4.69) is 0 Å². The van der Waals surface area contributed by atoms with Gasteiger partial charge in [0.1, 0.15) is 0 Å². The predicted molar refractivity (Wildman–Crippen MR) is 127 cm³/mol. The number of hydrogen-bond donors (Lipinski definition) is 1. The first-order chi connectivity index (χ1) is 15.9. The van der Waals surface area contributed by atoms with E-state index < -0.39 is 40.1 Å². The zero-order chi connectivity index (χ0) is 25.1. The molecular weight excluding hydrogens is 435 g/mol. The van der Waals surface area contributed by atoms with Crippen molar-refractivity contribution in [2.45, 2.75) is 103 Å². The Hall–Kier alpha value is -1.82. The number of unbranched alkanes of at least 4 members (excludes halogenated alkanes) is 1. The van der Waals surface area contributed by atoms with Crippen LogP contribution >= 0.6 is 0 Å². The van der Waals surface area contributed by atoms with Crippen molar-refractivity contribution < 1.29 is 28.6 Å². The number of ether oxygens (including phenoxy) is 1. The number of Topliss-reactive ketones (excluding diaryl/α,β-unsaturated/α-hetero) is 1. The summed E-state index contributed by atoms with van der Waals surface area (Å²) >= 11 is 0. The topological polar surface area (TPSA) is 80.7 Å². The predicted octanol–water partition coefficient (Wildman–Crippen LogP) is 5.05. The van der Waals surface area contributed by atoms with E-state index >= 15 is 4.39 Å². The quantitative estimate of drug-likeness (QED) is 0.545. The van der Waals surface area contributed by atoms with Gasteiger partial charge in [0.15, 0.2) is 22.8 Å². The molecule has 0 spiro atoms. The molecule has 0 unspecified atom stereocenters. The lowest BCUT2D eigenvalue weighted by molar-refractivity contribution is -0.227. The van der Waals surface area contributed by atoms with E-state index in [1.165, 1.54) is 12.2 Å². The SMILES string of the molecule is CCCCC(=O)O[C@]1(C(=O)CC)[C@@H](C)C[C@H]2[C@@H]3CCC4=CC(=O)C=C[C@]4(C)[C@@]3(F)[C@@H](O)C[C@@]21C. The highest BCUT2D eigenvalue weighted by molar-refractivity contribution is 6.01. The highest BCUT2D eigenvalue weighted by atomic mass is 19.1. The van der Waals surface area contributed by atoms with Crippen molar-refractivity contribution in [2.24, 2.45) is 28.6 Å². The number of halogens is 1. The van der Waals surface area contributed by atoms with Gasteiger partial charge in [0.25, 0.3) is 0 Å². The molecule has 0 aliphatic heterocycles. The van der Waals surface area contributed by atoms with Crippen LogP contribution in [-0.2, 0) is 19.1 Å². The fraction of sp³-hybridized carbons (Fsp3) is 0.750. The van der Waals surface area contributed by atoms with E-state index in [1.807, 2.05) is 20.8 Å². The number of carbonyl (C=O) groups excluding carboxylic acids is 3. The molecule has 4 aliphatic rings. The van der Waals surface area contributed by atoms with Gasteiger partial charge < -0.3 is 9.84 Å². The highest BCUT2D eigenvalue weighted by Gasteiger charge is 2.76. The Labute approximate surface area is 202 Å². The van der Waals surface area contributed by atoms with Crippen LogP contribution in [-0.4, -0.2) is 40.0 Å². The molecular formula is C28H39FO5. The second kappa shape index (κ2) is 8.39. The van der Waals surface area contributed by atoms with Crippen LogP contribution in [0.5, 0.6) is 0 Å². The molecule has 3 saturated carbocycles. The number of aliphatic hydroxyl groups is 1. The number of ketones is 2. The van der Waals surface area contributed by atoms with Crippen LogP contribution in [0.2, 0.25) is 0 Å². The molecule has 0 aromatic heterocycles. The third kappa shape index (κ3) is 3.09. The molecule has 4 aliphatic carbocycles. The van der Waals surface area contributed by atoms with Crippen LogP contribution in [0.1, 0.15) is 86.0 Å². The Balaban J connectivity index is 1.80. The summed E-state index contributed by atoms with van der Waals surface area (Å²) in [5.41, 5.74) is -4.54. The molecule has 8 atom stereocenters. The Kier molecular flexibility index (Phi) is 6.24. The van der Waals surface area contributed by atoms with Crippen LogP contribution in [0, 0.1) is 28.6 Å². The normalized spacial score (nSPS) is 45.1. The monoisotopic (exact) mass is 474 g/mol. The summed E-state index contributed by atoms with van der Waals surface area (Å²) in [5.74, 6) is -1.69. The minimum absolute atomic E-state index is 0.0342. The Morgan fingerprint density at radius 3 is 2.59 bits per heavy atom.